The summed E-state index contributed by atoms with van der Waals surface area (Å²) in [7, 11) is 0. The zero-order chi connectivity index (χ0) is 12.4. The molecule has 0 amide bonds. The highest BCUT2D eigenvalue weighted by atomic mass is 16.4. The Bertz CT molecular complexity index is 215. The summed E-state index contributed by atoms with van der Waals surface area (Å²) in [5.41, 5.74) is 1.40. The zero-order valence-electron chi connectivity index (χ0n) is 11.0. The van der Waals surface area contributed by atoms with Crippen LogP contribution < -0.4 is 0 Å². The highest BCUT2D eigenvalue weighted by molar-refractivity contribution is 5.66. The standard InChI is InChI=1S/C14H26O2/c1-12(2)8-7-10-13(3)9-5-4-6-11-14(15)16/h8,13H,4-7,9-11H2,1-3H3,(H,15,16)/t13-/m0/s1. The minimum absolute atomic E-state index is 0.326. The van der Waals surface area contributed by atoms with E-state index < -0.39 is 5.97 Å². The topological polar surface area (TPSA) is 37.3 Å². The van der Waals surface area contributed by atoms with Crippen LogP contribution in [-0.4, -0.2) is 11.1 Å². The van der Waals surface area contributed by atoms with E-state index in [0.29, 0.717) is 6.42 Å². The fraction of sp³-hybridized carbons (Fsp3) is 0.786. The molecule has 0 aliphatic rings. The van der Waals surface area contributed by atoms with Crippen LogP contribution in [0.4, 0.5) is 0 Å². The van der Waals surface area contributed by atoms with Crippen molar-refractivity contribution in [2.75, 3.05) is 0 Å². The second kappa shape index (κ2) is 9.44. The first kappa shape index (κ1) is 15.2. The molecule has 94 valence electrons. The van der Waals surface area contributed by atoms with E-state index >= 15 is 0 Å². The lowest BCUT2D eigenvalue weighted by atomic mass is 9.97. The Morgan fingerprint density at radius 3 is 2.44 bits per heavy atom. The molecule has 16 heavy (non-hydrogen) atoms. The molecule has 1 N–H and O–H groups in total. The van der Waals surface area contributed by atoms with Gasteiger partial charge in [0.1, 0.15) is 0 Å². The van der Waals surface area contributed by atoms with Crippen LogP contribution >= 0.6 is 0 Å². The van der Waals surface area contributed by atoms with Crippen molar-refractivity contribution in [3.8, 4) is 0 Å². The average molecular weight is 226 g/mol. The van der Waals surface area contributed by atoms with Crippen molar-refractivity contribution in [3.05, 3.63) is 11.6 Å². The van der Waals surface area contributed by atoms with Crippen molar-refractivity contribution in [2.45, 2.75) is 65.7 Å². The van der Waals surface area contributed by atoms with Crippen molar-refractivity contribution >= 4 is 5.97 Å². The molecule has 0 rings (SSSR count). The van der Waals surface area contributed by atoms with Crippen molar-refractivity contribution in [3.63, 3.8) is 0 Å². The average Bonchev–Trinajstić information content (AvgIpc) is 2.16. The van der Waals surface area contributed by atoms with Gasteiger partial charge in [-0.2, -0.15) is 0 Å². The Morgan fingerprint density at radius 2 is 1.88 bits per heavy atom. The van der Waals surface area contributed by atoms with Gasteiger partial charge in [-0.1, -0.05) is 37.8 Å². The molecule has 0 aromatic rings. The summed E-state index contributed by atoms with van der Waals surface area (Å²) in [6.45, 7) is 6.56. The van der Waals surface area contributed by atoms with Crippen molar-refractivity contribution in [1.82, 2.24) is 0 Å². The molecule has 0 radical (unpaired) electrons. The smallest absolute Gasteiger partial charge is 0.303 e. The number of carboxylic acids is 1. The molecule has 1 atom stereocenters. The van der Waals surface area contributed by atoms with Crippen LogP contribution in [0.5, 0.6) is 0 Å². The van der Waals surface area contributed by atoms with Gasteiger partial charge in [0.05, 0.1) is 0 Å². The van der Waals surface area contributed by atoms with Gasteiger partial charge in [-0.3, -0.25) is 4.79 Å². The fourth-order valence-corrected chi connectivity index (χ4v) is 1.75. The Labute approximate surface area is 99.7 Å². The minimum atomic E-state index is -0.670. The number of rotatable bonds is 9. The lowest BCUT2D eigenvalue weighted by Gasteiger charge is -2.09. The summed E-state index contributed by atoms with van der Waals surface area (Å²) < 4.78 is 0. The molecular formula is C14H26O2. The number of hydrogen-bond donors (Lipinski definition) is 1. The SMILES string of the molecule is CC(C)=CCC[C@@H](C)CCCCCC(=O)O. The maximum Gasteiger partial charge on any atom is 0.303 e. The predicted molar refractivity (Wildman–Crippen MR) is 68.5 cm³/mol. The molecule has 0 spiro atoms. The van der Waals surface area contributed by atoms with E-state index in [0.717, 1.165) is 18.8 Å². The van der Waals surface area contributed by atoms with Crippen LogP contribution in [0.3, 0.4) is 0 Å². The minimum Gasteiger partial charge on any atom is -0.481 e. The van der Waals surface area contributed by atoms with E-state index in [1.807, 2.05) is 0 Å². The van der Waals surface area contributed by atoms with Crippen LogP contribution in [0.2, 0.25) is 0 Å². The second-order valence-electron chi connectivity index (χ2n) is 4.96. The number of carbonyl (C=O) groups is 1. The highest BCUT2D eigenvalue weighted by Crippen LogP contribution is 2.16. The van der Waals surface area contributed by atoms with Gasteiger partial charge >= 0.3 is 5.97 Å². The first-order valence-electron chi connectivity index (χ1n) is 6.37. The third-order valence-electron chi connectivity index (χ3n) is 2.80. The summed E-state index contributed by atoms with van der Waals surface area (Å²) in [5, 5.41) is 8.48. The van der Waals surface area contributed by atoms with Gasteiger partial charge in [0.2, 0.25) is 0 Å². The Hall–Kier alpha value is -0.790. The number of allylic oxidation sites excluding steroid dienone is 2. The van der Waals surface area contributed by atoms with Gasteiger partial charge in [0.25, 0.3) is 0 Å². The Morgan fingerprint density at radius 1 is 1.19 bits per heavy atom. The lowest BCUT2D eigenvalue weighted by Crippen LogP contribution is -1.96. The van der Waals surface area contributed by atoms with Crippen molar-refractivity contribution in [1.29, 1.82) is 0 Å². The zero-order valence-corrected chi connectivity index (χ0v) is 11.0. The maximum atomic E-state index is 10.3. The first-order valence-corrected chi connectivity index (χ1v) is 6.37. The second-order valence-corrected chi connectivity index (χ2v) is 4.96. The number of unbranched alkanes of at least 4 members (excludes halogenated alkanes) is 2. The predicted octanol–water partition coefficient (Wildman–Crippen LogP) is 4.40. The number of aliphatic carboxylic acids is 1. The van der Waals surface area contributed by atoms with Gasteiger partial charge in [0, 0.05) is 6.42 Å². The molecule has 0 bridgehead atoms. The molecule has 0 aromatic carbocycles. The van der Waals surface area contributed by atoms with Crippen LogP contribution in [0, 0.1) is 5.92 Å². The van der Waals surface area contributed by atoms with Crippen molar-refractivity contribution in [2.24, 2.45) is 5.92 Å². The molecule has 2 heteroatoms. The third kappa shape index (κ3) is 11.3. The van der Waals surface area contributed by atoms with Gasteiger partial charge in [-0.25, -0.2) is 0 Å². The third-order valence-corrected chi connectivity index (χ3v) is 2.80. The molecule has 0 aliphatic carbocycles. The van der Waals surface area contributed by atoms with E-state index in [4.69, 9.17) is 5.11 Å². The largest absolute Gasteiger partial charge is 0.481 e. The van der Waals surface area contributed by atoms with Gasteiger partial charge in [-0.05, 0) is 39.0 Å². The summed E-state index contributed by atoms with van der Waals surface area (Å²) >= 11 is 0. The molecule has 0 saturated carbocycles. The monoisotopic (exact) mass is 226 g/mol. The molecule has 0 fully saturated rings. The van der Waals surface area contributed by atoms with E-state index in [1.165, 1.54) is 31.3 Å². The molecule has 0 aromatic heterocycles. The van der Waals surface area contributed by atoms with E-state index in [1.54, 1.807) is 0 Å². The van der Waals surface area contributed by atoms with Gasteiger partial charge in [0.15, 0.2) is 0 Å². The van der Waals surface area contributed by atoms with E-state index in [-0.39, 0.29) is 0 Å². The van der Waals surface area contributed by atoms with Crippen LogP contribution in [0.1, 0.15) is 65.7 Å². The summed E-state index contributed by atoms with van der Waals surface area (Å²) in [5.74, 6) is 0.0945. The fourth-order valence-electron chi connectivity index (χ4n) is 1.75. The first-order chi connectivity index (χ1) is 7.52. The normalized spacial score (nSPS) is 12.2. The van der Waals surface area contributed by atoms with Crippen LogP contribution in [-0.2, 0) is 4.79 Å². The molecule has 0 unspecified atom stereocenters. The molecule has 0 aliphatic heterocycles. The number of carboxylic acid groups (broad SMARTS) is 1. The van der Waals surface area contributed by atoms with Crippen LogP contribution in [0.15, 0.2) is 11.6 Å². The van der Waals surface area contributed by atoms with Crippen molar-refractivity contribution < 1.29 is 9.90 Å². The summed E-state index contributed by atoms with van der Waals surface area (Å²) in [4.78, 5) is 10.3. The maximum absolute atomic E-state index is 10.3. The Balaban J connectivity index is 3.33. The molecule has 0 heterocycles. The molecule has 0 saturated heterocycles. The number of hydrogen-bond acceptors (Lipinski definition) is 1. The van der Waals surface area contributed by atoms with Gasteiger partial charge in [-0.15, -0.1) is 0 Å². The highest BCUT2D eigenvalue weighted by Gasteiger charge is 2.02. The molecule has 2 nitrogen and oxygen atoms in total. The summed E-state index contributed by atoms with van der Waals surface area (Å²) in [6.07, 6.45) is 9.34. The lowest BCUT2D eigenvalue weighted by molar-refractivity contribution is -0.137. The van der Waals surface area contributed by atoms with E-state index in [9.17, 15) is 4.79 Å². The van der Waals surface area contributed by atoms with Gasteiger partial charge < -0.3 is 5.11 Å². The van der Waals surface area contributed by atoms with E-state index in [2.05, 4.69) is 26.8 Å². The summed E-state index contributed by atoms with van der Waals surface area (Å²) in [6, 6.07) is 0. The Kier molecular flexibility index (Phi) is 8.97. The van der Waals surface area contributed by atoms with Crippen LogP contribution in [0.25, 0.3) is 0 Å². The molecular weight excluding hydrogens is 200 g/mol. The quantitative estimate of drug-likeness (QED) is 0.467.